The van der Waals surface area contributed by atoms with Crippen molar-refractivity contribution in [3.05, 3.63) is 81.7 Å². The summed E-state index contributed by atoms with van der Waals surface area (Å²) in [4.78, 5) is 28.7. The summed E-state index contributed by atoms with van der Waals surface area (Å²) in [5, 5.41) is 0. The van der Waals surface area contributed by atoms with E-state index in [1.54, 1.807) is 6.92 Å². The van der Waals surface area contributed by atoms with Crippen LogP contribution < -0.4 is 0 Å². The molecule has 1 aliphatic carbocycles. The first kappa shape index (κ1) is 16.3. The molecule has 3 aromatic rings. The summed E-state index contributed by atoms with van der Waals surface area (Å²) < 4.78 is 4.89. The highest BCUT2D eigenvalue weighted by Crippen LogP contribution is 2.39. The number of carbonyl (C=O) groups is 2. The highest BCUT2D eigenvalue weighted by atomic mass is 16.5. The molecule has 1 aromatic heterocycles. The van der Waals surface area contributed by atoms with Crippen LogP contribution in [0.1, 0.15) is 48.8 Å². The lowest BCUT2D eigenvalue weighted by Gasteiger charge is -2.09. The molecular formula is C22H19NO3. The Balaban J connectivity index is 1.87. The Kier molecular flexibility index (Phi) is 3.76. The van der Waals surface area contributed by atoms with Gasteiger partial charge >= 0.3 is 5.97 Å². The quantitative estimate of drug-likeness (QED) is 0.447. The van der Waals surface area contributed by atoms with Crippen LogP contribution in [-0.2, 0) is 11.2 Å². The standard InChI is InChI=1S/C22H19NO3/c1-12-19(20(13(2)23-12)22(25)26-3)21(24)17-10-6-9-16-15-8-5-4-7-14(15)11-18(16)17/h4-10,23H,11H2,1-3H3. The third-order valence-corrected chi connectivity index (χ3v) is 5.09. The number of fused-ring (bicyclic) bond motifs is 3. The van der Waals surface area contributed by atoms with Gasteiger partial charge in [0.15, 0.2) is 5.78 Å². The molecule has 0 aliphatic heterocycles. The molecule has 0 bridgehead atoms. The Labute approximate surface area is 151 Å². The zero-order valence-electron chi connectivity index (χ0n) is 15.0. The van der Waals surface area contributed by atoms with Crippen molar-refractivity contribution in [3.63, 3.8) is 0 Å². The number of nitrogens with one attached hydrogen (secondary N) is 1. The number of esters is 1. The summed E-state index contributed by atoms with van der Waals surface area (Å²) in [6.07, 6.45) is 0.726. The number of aromatic nitrogens is 1. The molecule has 0 spiro atoms. The number of methoxy groups -OCH3 is 1. The number of H-pyrrole nitrogens is 1. The average Bonchev–Trinajstić information content (AvgIpc) is 3.17. The Morgan fingerprint density at radius 3 is 2.38 bits per heavy atom. The van der Waals surface area contributed by atoms with Crippen molar-refractivity contribution in [1.29, 1.82) is 0 Å². The van der Waals surface area contributed by atoms with E-state index in [0.717, 1.165) is 17.5 Å². The van der Waals surface area contributed by atoms with E-state index < -0.39 is 5.97 Å². The summed E-state index contributed by atoms with van der Waals surface area (Å²) in [5.74, 6) is -0.636. The minimum Gasteiger partial charge on any atom is -0.465 e. The maximum Gasteiger partial charge on any atom is 0.340 e. The van der Waals surface area contributed by atoms with Crippen LogP contribution in [-0.4, -0.2) is 23.8 Å². The molecule has 0 saturated carbocycles. The van der Waals surface area contributed by atoms with Crippen LogP contribution >= 0.6 is 0 Å². The minimum atomic E-state index is -0.494. The van der Waals surface area contributed by atoms with Gasteiger partial charge in [0.2, 0.25) is 0 Å². The smallest absolute Gasteiger partial charge is 0.340 e. The fraction of sp³-hybridized carbons (Fsp3) is 0.182. The van der Waals surface area contributed by atoms with Crippen LogP contribution in [0.2, 0.25) is 0 Å². The second-order valence-corrected chi connectivity index (χ2v) is 6.61. The fourth-order valence-corrected chi connectivity index (χ4v) is 3.93. The molecule has 4 heteroatoms. The van der Waals surface area contributed by atoms with Gasteiger partial charge in [-0.2, -0.15) is 0 Å². The molecule has 0 amide bonds. The molecule has 0 fully saturated rings. The van der Waals surface area contributed by atoms with E-state index in [4.69, 9.17) is 4.74 Å². The largest absolute Gasteiger partial charge is 0.465 e. The molecule has 130 valence electrons. The van der Waals surface area contributed by atoms with Crippen LogP contribution in [0.4, 0.5) is 0 Å². The normalized spacial score (nSPS) is 11.8. The molecule has 0 radical (unpaired) electrons. The van der Waals surface area contributed by atoms with E-state index in [0.29, 0.717) is 28.1 Å². The van der Waals surface area contributed by atoms with Crippen molar-refractivity contribution in [3.8, 4) is 11.1 Å². The summed E-state index contributed by atoms with van der Waals surface area (Å²) >= 11 is 0. The second kappa shape index (κ2) is 5.99. The van der Waals surface area contributed by atoms with Crippen LogP contribution in [0.25, 0.3) is 11.1 Å². The van der Waals surface area contributed by atoms with E-state index in [1.807, 2.05) is 37.3 Å². The Morgan fingerprint density at radius 2 is 1.62 bits per heavy atom. The molecule has 0 saturated heterocycles. The number of hydrogen-bond acceptors (Lipinski definition) is 3. The number of hydrogen-bond donors (Lipinski definition) is 1. The molecule has 26 heavy (non-hydrogen) atoms. The summed E-state index contributed by atoms with van der Waals surface area (Å²) in [6, 6.07) is 14.0. The predicted molar refractivity (Wildman–Crippen MR) is 99.7 cm³/mol. The van der Waals surface area contributed by atoms with Gasteiger partial charge in [0.25, 0.3) is 0 Å². The van der Waals surface area contributed by atoms with Gasteiger partial charge in [-0.15, -0.1) is 0 Å². The first-order valence-electron chi connectivity index (χ1n) is 8.55. The second-order valence-electron chi connectivity index (χ2n) is 6.61. The van der Waals surface area contributed by atoms with Crippen LogP contribution in [0.5, 0.6) is 0 Å². The molecule has 4 rings (SSSR count). The van der Waals surface area contributed by atoms with Crippen molar-refractivity contribution >= 4 is 11.8 Å². The van der Waals surface area contributed by atoms with E-state index in [1.165, 1.54) is 18.2 Å². The van der Waals surface area contributed by atoms with Gasteiger partial charge in [0, 0.05) is 17.0 Å². The molecule has 0 unspecified atom stereocenters. The number of ketones is 1. The van der Waals surface area contributed by atoms with E-state index in [9.17, 15) is 9.59 Å². The van der Waals surface area contributed by atoms with Gasteiger partial charge in [-0.1, -0.05) is 42.5 Å². The lowest BCUT2D eigenvalue weighted by atomic mass is 9.93. The molecule has 2 aromatic carbocycles. The Hall–Kier alpha value is -3.14. The number of rotatable bonds is 3. The zero-order valence-corrected chi connectivity index (χ0v) is 15.0. The van der Waals surface area contributed by atoms with Gasteiger partial charge in [-0.25, -0.2) is 4.79 Å². The third kappa shape index (κ3) is 2.30. The molecule has 4 nitrogen and oxygen atoms in total. The van der Waals surface area contributed by atoms with Crippen molar-refractivity contribution in [2.24, 2.45) is 0 Å². The van der Waals surface area contributed by atoms with E-state index in [-0.39, 0.29) is 5.78 Å². The number of ether oxygens (including phenoxy) is 1. The SMILES string of the molecule is COC(=O)c1c(C)[nH]c(C)c1C(=O)c1cccc2c1Cc1ccccc1-2. The average molecular weight is 345 g/mol. The van der Waals surface area contributed by atoms with Crippen molar-refractivity contribution in [1.82, 2.24) is 4.98 Å². The summed E-state index contributed by atoms with van der Waals surface area (Å²) in [7, 11) is 1.33. The van der Waals surface area contributed by atoms with E-state index >= 15 is 0 Å². The molecule has 1 heterocycles. The maximum atomic E-state index is 13.4. The number of carbonyl (C=O) groups excluding carboxylic acids is 2. The lowest BCUT2D eigenvalue weighted by Crippen LogP contribution is -2.12. The predicted octanol–water partition coefficient (Wildman–Crippen LogP) is 4.22. The summed E-state index contributed by atoms with van der Waals surface area (Å²) in [6.45, 7) is 3.59. The van der Waals surface area contributed by atoms with Gasteiger partial charge in [0.1, 0.15) is 0 Å². The van der Waals surface area contributed by atoms with Crippen LogP contribution in [0, 0.1) is 13.8 Å². The van der Waals surface area contributed by atoms with Crippen LogP contribution in [0.15, 0.2) is 42.5 Å². The van der Waals surface area contributed by atoms with Gasteiger partial charge < -0.3 is 9.72 Å². The van der Waals surface area contributed by atoms with Gasteiger partial charge in [-0.3, -0.25) is 4.79 Å². The van der Waals surface area contributed by atoms with Gasteiger partial charge in [0.05, 0.1) is 18.2 Å². The van der Waals surface area contributed by atoms with Gasteiger partial charge in [-0.05, 0) is 42.5 Å². The molecular weight excluding hydrogens is 326 g/mol. The highest BCUT2D eigenvalue weighted by Gasteiger charge is 2.29. The molecule has 0 atom stereocenters. The Bertz CT molecular complexity index is 1060. The topological polar surface area (TPSA) is 59.2 Å². The first-order valence-corrected chi connectivity index (χ1v) is 8.55. The van der Waals surface area contributed by atoms with Crippen molar-refractivity contribution in [2.45, 2.75) is 20.3 Å². The monoisotopic (exact) mass is 345 g/mol. The molecule has 1 aliphatic rings. The fourth-order valence-electron chi connectivity index (χ4n) is 3.93. The number of aromatic amines is 1. The lowest BCUT2D eigenvalue weighted by molar-refractivity contribution is 0.0597. The molecule has 1 N–H and O–H groups in total. The number of benzene rings is 2. The Morgan fingerprint density at radius 1 is 0.923 bits per heavy atom. The zero-order chi connectivity index (χ0) is 18.4. The van der Waals surface area contributed by atoms with Crippen molar-refractivity contribution < 1.29 is 14.3 Å². The number of aryl methyl sites for hydroxylation is 2. The third-order valence-electron chi connectivity index (χ3n) is 5.09. The van der Waals surface area contributed by atoms with Crippen LogP contribution in [0.3, 0.4) is 0 Å². The van der Waals surface area contributed by atoms with E-state index in [2.05, 4.69) is 17.1 Å². The minimum absolute atomic E-state index is 0.142. The van der Waals surface area contributed by atoms with Crippen molar-refractivity contribution in [2.75, 3.05) is 7.11 Å². The maximum absolute atomic E-state index is 13.4. The highest BCUT2D eigenvalue weighted by molar-refractivity contribution is 6.17. The summed E-state index contributed by atoms with van der Waals surface area (Å²) in [5.41, 5.74) is 7.20. The first-order chi connectivity index (χ1) is 12.5.